The van der Waals surface area contributed by atoms with E-state index in [9.17, 15) is 19.2 Å². The molecule has 31 heavy (non-hydrogen) atoms. The van der Waals surface area contributed by atoms with Crippen LogP contribution in [0.3, 0.4) is 0 Å². The van der Waals surface area contributed by atoms with Crippen molar-refractivity contribution in [2.24, 2.45) is 11.0 Å². The van der Waals surface area contributed by atoms with E-state index in [1.807, 2.05) is 0 Å². The van der Waals surface area contributed by atoms with Crippen LogP contribution in [0.25, 0.3) is 0 Å². The van der Waals surface area contributed by atoms with Gasteiger partial charge in [-0.1, -0.05) is 0 Å². The fourth-order valence-corrected chi connectivity index (χ4v) is 4.41. The Bertz CT molecular complexity index is 721. The van der Waals surface area contributed by atoms with Crippen molar-refractivity contribution in [1.29, 1.82) is 5.53 Å². The van der Waals surface area contributed by atoms with Crippen molar-refractivity contribution in [3.8, 4) is 0 Å². The van der Waals surface area contributed by atoms with Crippen molar-refractivity contribution in [2.75, 3.05) is 46.4 Å². The minimum absolute atomic E-state index is 0.00680. The number of hydrogen-bond acceptors (Lipinski definition) is 8. The molecule has 3 atom stereocenters. The molecule has 1 unspecified atom stereocenters. The van der Waals surface area contributed by atoms with Crippen molar-refractivity contribution in [2.45, 2.75) is 50.7 Å². The number of hydrogen-bond donors (Lipinski definition) is 2. The monoisotopic (exact) mass is 436 g/mol. The largest absolute Gasteiger partial charge is 0.465 e. The second-order valence-corrected chi connectivity index (χ2v) is 8.37. The lowest BCUT2D eigenvalue weighted by molar-refractivity contribution is -0.166. The molecule has 0 radical (unpaired) electrons. The molecule has 0 aromatic carbocycles. The molecule has 3 rings (SSSR count). The molecule has 2 heterocycles. The summed E-state index contributed by atoms with van der Waals surface area (Å²) in [6.45, 7) is 2.60. The predicted octanol–water partition coefficient (Wildman–Crippen LogP) is -0.391. The SMILES string of the molecule is CCOC(=O)CN1C(=O)CN(C2CC2)C(=O)[C@@H]1C(CN=N)C(=O)N(C)[C@H]1CCCNC1. The molecule has 0 aromatic rings. The van der Waals surface area contributed by atoms with Gasteiger partial charge in [0.15, 0.2) is 0 Å². The first kappa shape index (κ1) is 23.1. The minimum Gasteiger partial charge on any atom is -0.465 e. The Morgan fingerprint density at radius 1 is 1.32 bits per heavy atom. The second-order valence-electron chi connectivity index (χ2n) is 8.37. The number of piperazine rings is 1. The number of piperidine rings is 1. The van der Waals surface area contributed by atoms with Gasteiger partial charge in [0.25, 0.3) is 0 Å². The predicted molar refractivity (Wildman–Crippen MR) is 109 cm³/mol. The Morgan fingerprint density at radius 2 is 2.06 bits per heavy atom. The highest BCUT2D eigenvalue weighted by atomic mass is 16.5. The number of nitrogens with one attached hydrogen (secondary N) is 2. The van der Waals surface area contributed by atoms with Gasteiger partial charge in [-0.05, 0) is 39.2 Å². The third-order valence-corrected chi connectivity index (χ3v) is 6.24. The van der Waals surface area contributed by atoms with Gasteiger partial charge < -0.3 is 24.8 Å². The fraction of sp³-hybridized carbons (Fsp3) is 0.800. The molecule has 3 aliphatic rings. The zero-order chi connectivity index (χ0) is 22.5. The Labute approximate surface area is 181 Å². The van der Waals surface area contributed by atoms with Crippen LogP contribution in [-0.4, -0.2) is 103 Å². The van der Waals surface area contributed by atoms with E-state index in [0.717, 1.165) is 37.1 Å². The minimum atomic E-state index is -1.17. The van der Waals surface area contributed by atoms with Gasteiger partial charge in [-0.3, -0.25) is 19.2 Å². The lowest BCUT2D eigenvalue weighted by Gasteiger charge is -2.43. The number of rotatable bonds is 9. The maximum atomic E-state index is 13.5. The van der Waals surface area contributed by atoms with Crippen LogP contribution in [0, 0.1) is 11.4 Å². The number of carbonyl (C=O) groups excluding carboxylic acids is 4. The maximum absolute atomic E-state index is 13.5. The smallest absolute Gasteiger partial charge is 0.325 e. The van der Waals surface area contributed by atoms with Gasteiger partial charge >= 0.3 is 5.97 Å². The Hall–Kier alpha value is -2.56. The quantitative estimate of drug-likeness (QED) is 0.373. The van der Waals surface area contributed by atoms with E-state index < -0.39 is 30.4 Å². The summed E-state index contributed by atoms with van der Waals surface area (Å²) in [5.41, 5.74) is 7.39. The molecule has 3 fully saturated rings. The summed E-state index contributed by atoms with van der Waals surface area (Å²) < 4.78 is 4.98. The lowest BCUT2D eigenvalue weighted by Crippen LogP contribution is -2.66. The van der Waals surface area contributed by atoms with Gasteiger partial charge in [0, 0.05) is 25.7 Å². The summed E-state index contributed by atoms with van der Waals surface area (Å²) in [6, 6.07) is -1.22. The Kier molecular flexibility index (Phi) is 7.58. The number of likely N-dealkylation sites (N-methyl/N-ethyl adjacent to an activating group) is 1. The maximum Gasteiger partial charge on any atom is 0.325 e. The third kappa shape index (κ3) is 5.20. The van der Waals surface area contributed by atoms with Crippen LogP contribution in [0.4, 0.5) is 0 Å². The van der Waals surface area contributed by atoms with Gasteiger partial charge in [0.05, 0.1) is 19.1 Å². The molecule has 1 aliphatic carbocycles. The first-order chi connectivity index (χ1) is 14.9. The molecule has 1 saturated carbocycles. The van der Waals surface area contributed by atoms with Crippen LogP contribution in [0.15, 0.2) is 5.11 Å². The van der Waals surface area contributed by atoms with Gasteiger partial charge in [0.1, 0.15) is 19.1 Å². The number of nitrogens with zero attached hydrogens (tertiary/aromatic N) is 4. The van der Waals surface area contributed by atoms with E-state index in [0.29, 0.717) is 6.54 Å². The number of ether oxygens (including phenoxy) is 1. The molecule has 2 aliphatic heterocycles. The Morgan fingerprint density at radius 3 is 2.65 bits per heavy atom. The first-order valence-corrected chi connectivity index (χ1v) is 10.9. The van der Waals surface area contributed by atoms with E-state index in [1.165, 1.54) is 4.90 Å². The van der Waals surface area contributed by atoms with Crippen LogP contribution in [0.1, 0.15) is 32.6 Å². The van der Waals surface area contributed by atoms with E-state index >= 15 is 0 Å². The normalized spacial score (nSPS) is 25.2. The first-order valence-electron chi connectivity index (χ1n) is 10.9. The van der Waals surface area contributed by atoms with Gasteiger partial charge in [0.2, 0.25) is 17.7 Å². The van der Waals surface area contributed by atoms with E-state index in [1.54, 1.807) is 18.9 Å². The van der Waals surface area contributed by atoms with E-state index in [2.05, 4.69) is 10.4 Å². The van der Waals surface area contributed by atoms with Crippen LogP contribution in [0.2, 0.25) is 0 Å². The summed E-state index contributed by atoms with van der Waals surface area (Å²) in [7, 11) is 1.68. The summed E-state index contributed by atoms with van der Waals surface area (Å²) in [4.78, 5) is 56.3. The summed E-state index contributed by atoms with van der Waals surface area (Å²) in [5.74, 6) is -2.76. The summed E-state index contributed by atoms with van der Waals surface area (Å²) in [5, 5.41) is 6.68. The molecule has 3 amide bonds. The third-order valence-electron chi connectivity index (χ3n) is 6.24. The molecule has 172 valence electrons. The van der Waals surface area contributed by atoms with Crippen molar-refractivity contribution in [1.82, 2.24) is 20.0 Å². The standard InChI is InChI=1S/C20H32N6O5/c1-3-31-17(28)12-26-16(27)11-25(13-6-7-13)20(30)18(26)15(10-23-21)19(29)24(2)14-5-4-8-22-9-14/h13-15,18,21-22H,3-12H2,1-2H3/t14-,15?,18-/m0/s1. The van der Waals surface area contributed by atoms with E-state index in [-0.39, 0.29) is 43.6 Å². The zero-order valence-electron chi connectivity index (χ0n) is 18.2. The lowest BCUT2D eigenvalue weighted by atomic mass is 9.92. The molecule has 11 heteroatoms. The number of carbonyl (C=O) groups is 4. The molecular formula is C20H32N6O5. The van der Waals surface area contributed by atoms with Gasteiger partial charge in [-0.25, -0.2) is 5.53 Å². The highest BCUT2D eigenvalue weighted by Gasteiger charge is 2.51. The molecule has 0 spiro atoms. The molecule has 0 aromatic heterocycles. The van der Waals surface area contributed by atoms with Crippen LogP contribution < -0.4 is 5.32 Å². The molecule has 0 bridgehead atoms. The van der Waals surface area contributed by atoms with Crippen molar-refractivity contribution < 1.29 is 23.9 Å². The topological polar surface area (TPSA) is 135 Å². The zero-order valence-corrected chi connectivity index (χ0v) is 18.2. The second kappa shape index (κ2) is 10.2. The highest BCUT2D eigenvalue weighted by molar-refractivity contribution is 6.00. The molecule has 11 nitrogen and oxygen atoms in total. The molecule has 2 N–H and O–H groups in total. The highest BCUT2D eigenvalue weighted by Crippen LogP contribution is 2.32. The number of esters is 1. The van der Waals surface area contributed by atoms with Crippen molar-refractivity contribution in [3.05, 3.63) is 0 Å². The number of amides is 3. The molecular weight excluding hydrogens is 404 g/mol. The van der Waals surface area contributed by atoms with Crippen molar-refractivity contribution >= 4 is 23.7 Å². The summed E-state index contributed by atoms with van der Waals surface area (Å²) >= 11 is 0. The van der Waals surface area contributed by atoms with Crippen LogP contribution in [0.5, 0.6) is 0 Å². The van der Waals surface area contributed by atoms with Gasteiger partial charge in [-0.15, -0.1) is 0 Å². The molecule has 2 saturated heterocycles. The summed E-state index contributed by atoms with van der Waals surface area (Å²) in [6.07, 6.45) is 3.40. The van der Waals surface area contributed by atoms with Gasteiger partial charge in [-0.2, -0.15) is 5.11 Å². The van der Waals surface area contributed by atoms with Crippen LogP contribution in [-0.2, 0) is 23.9 Å². The fourth-order valence-electron chi connectivity index (χ4n) is 4.41. The Balaban J connectivity index is 1.89. The van der Waals surface area contributed by atoms with Crippen molar-refractivity contribution in [3.63, 3.8) is 0 Å². The van der Waals surface area contributed by atoms with Crippen LogP contribution >= 0.6 is 0 Å². The average Bonchev–Trinajstić information content (AvgIpc) is 3.60. The van der Waals surface area contributed by atoms with E-state index in [4.69, 9.17) is 10.3 Å². The average molecular weight is 437 g/mol.